The van der Waals surface area contributed by atoms with Gasteiger partial charge in [0.1, 0.15) is 5.69 Å². The number of nitrogens with two attached hydrogens (primary N) is 1. The molecule has 218 valence electrons. The van der Waals surface area contributed by atoms with Gasteiger partial charge in [0, 0.05) is 31.1 Å². The van der Waals surface area contributed by atoms with E-state index in [4.69, 9.17) is 10.8 Å². The first-order chi connectivity index (χ1) is 19.7. The van der Waals surface area contributed by atoms with Gasteiger partial charge < -0.3 is 10.6 Å². The Morgan fingerprint density at radius 3 is 2.31 bits per heavy atom. The van der Waals surface area contributed by atoms with Crippen molar-refractivity contribution in [2.24, 2.45) is 5.41 Å². The number of hydrogen-bond donors (Lipinski definition) is 1. The zero-order chi connectivity index (χ0) is 30.4. The third kappa shape index (κ3) is 5.82. The van der Waals surface area contributed by atoms with Gasteiger partial charge >= 0.3 is 6.18 Å². The first-order valence-electron chi connectivity index (χ1n) is 13.8. The fourth-order valence-electron chi connectivity index (χ4n) is 5.42. The molecule has 0 unspecified atom stereocenters. The van der Waals surface area contributed by atoms with Crippen molar-refractivity contribution >= 4 is 17.4 Å². The first-order valence-corrected chi connectivity index (χ1v) is 13.8. The summed E-state index contributed by atoms with van der Waals surface area (Å²) in [7, 11) is 1.74. The summed E-state index contributed by atoms with van der Waals surface area (Å²) in [5.41, 5.74) is 10.7. The van der Waals surface area contributed by atoms with Crippen LogP contribution in [0.4, 0.5) is 18.9 Å². The molecule has 0 radical (unpaired) electrons. The van der Waals surface area contributed by atoms with E-state index >= 15 is 0 Å². The predicted molar refractivity (Wildman–Crippen MR) is 157 cm³/mol. The molecule has 0 saturated heterocycles. The quantitative estimate of drug-likeness (QED) is 0.254. The van der Waals surface area contributed by atoms with Crippen LogP contribution in [0.1, 0.15) is 63.4 Å². The summed E-state index contributed by atoms with van der Waals surface area (Å²) in [6.45, 7) is 6.53. The van der Waals surface area contributed by atoms with Crippen molar-refractivity contribution in [1.29, 1.82) is 0 Å². The number of fused-ring (bicyclic) bond motifs is 1. The molecule has 0 aliphatic heterocycles. The van der Waals surface area contributed by atoms with Crippen LogP contribution in [0.15, 0.2) is 66.7 Å². The molecule has 6 nitrogen and oxygen atoms in total. The number of alkyl halides is 3. The van der Waals surface area contributed by atoms with Gasteiger partial charge in [-0.1, -0.05) is 55.8 Å². The Kier molecular flexibility index (Phi) is 7.47. The Labute approximate surface area is 243 Å². The van der Waals surface area contributed by atoms with E-state index in [0.29, 0.717) is 58.8 Å². The first kappa shape index (κ1) is 29.1. The lowest BCUT2D eigenvalue weighted by Crippen LogP contribution is -2.29. The maximum absolute atomic E-state index is 13.3. The molecular weight excluding hydrogens is 541 g/mol. The normalized spacial score (nSPS) is 14.5. The van der Waals surface area contributed by atoms with Crippen molar-refractivity contribution in [3.05, 3.63) is 100 Å². The monoisotopic (exact) mass is 574 g/mol. The summed E-state index contributed by atoms with van der Waals surface area (Å²) in [5, 5.41) is 4.72. The van der Waals surface area contributed by atoms with E-state index < -0.39 is 11.7 Å². The number of rotatable bonds is 6. The second-order valence-corrected chi connectivity index (χ2v) is 11.8. The minimum absolute atomic E-state index is 0.122. The highest BCUT2D eigenvalue weighted by Gasteiger charge is 2.38. The van der Waals surface area contributed by atoms with Gasteiger partial charge in [-0.2, -0.15) is 18.3 Å². The Morgan fingerprint density at radius 1 is 1.02 bits per heavy atom. The molecule has 0 atom stereocenters. The van der Waals surface area contributed by atoms with Crippen LogP contribution in [0.25, 0.3) is 16.9 Å². The maximum Gasteiger partial charge on any atom is 0.416 e. The molecule has 0 spiro atoms. The Balaban J connectivity index is 1.47. The smallest absolute Gasteiger partial charge is 0.397 e. The van der Waals surface area contributed by atoms with Crippen LogP contribution in [0.3, 0.4) is 0 Å². The minimum Gasteiger partial charge on any atom is -0.397 e. The Morgan fingerprint density at radius 2 is 1.69 bits per heavy atom. The zero-order valence-corrected chi connectivity index (χ0v) is 24.0. The van der Waals surface area contributed by atoms with Gasteiger partial charge in [-0.3, -0.25) is 9.59 Å². The molecule has 1 amide bonds. The number of likely N-dealkylation sites (N-methyl/N-ethyl adjacent to an activating group) is 1. The number of benzene rings is 3. The summed E-state index contributed by atoms with van der Waals surface area (Å²) in [4.78, 5) is 28.2. The van der Waals surface area contributed by atoms with Gasteiger partial charge in [-0.25, -0.2) is 4.68 Å². The van der Waals surface area contributed by atoms with Crippen LogP contribution in [0.2, 0.25) is 0 Å². The fourth-order valence-corrected chi connectivity index (χ4v) is 5.42. The summed E-state index contributed by atoms with van der Waals surface area (Å²) >= 11 is 0. The van der Waals surface area contributed by atoms with Gasteiger partial charge in [0.2, 0.25) is 0 Å². The number of nitrogen functional groups attached to an aromatic ring is 1. The maximum atomic E-state index is 13.3. The van der Waals surface area contributed by atoms with E-state index in [1.54, 1.807) is 34.8 Å². The number of halogens is 3. The van der Waals surface area contributed by atoms with Crippen LogP contribution in [0.5, 0.6) is 0 Å². The van der Waals surface area contributed by atoms with Gasteiger partial charge in [0.15, 0.2) is 5.78 Å². The molecule has 1 aliphatic carbocycles. The number of anilines is 1. The molecule has 1 heterocycles. The number of aromatic nitrogens is 2. The highest BCUT2D eigenvalue weighted by atomic mass is 19.4. The molecule has 3 aromatic carbocycles. The molecule has 1 aromatic heterocycles. The fraction of sp³-hybridized carbons (Fsp3) is 0.303. The summed E-state index contributed by atoms with van der Waals surface area (Å²) in [5.74, 6) is -0.299. The van der Waals surface area contributed by atoms with Crippen molar-refractivity contribution in [3.8, 4) is 16.9 Å². The van der Waals surface area contributed by atoms with Crippen LogP contribution >= 0.6 is 0 Å². The van der Waals surface area contributed by atoms with Crippen LogP contribution in [-0.2, 0) is 19.0 Å². The van der Waals surface area contributed by atoms with Crippen molar-refractivity contribution in [2.45, 2.75) is 46.2 Å². The molecule has 1 aliphatic rings. The largest absolute Gasteiger partial charge is 0.416 e. The van der Waals surface area contributed by atoms with Gasteiger partial charge in [0.05, 0.1) is 28.2 Å². The van der Waals surface area contributed by atoms with E-state index in [-0.39, 0.29) is 23.5 Å². The summed E-state index contributed by atoms with van der Waals surface area (Å²) in [6, 6.07) is 17.8. The third-order valence-corrected chi connectivity index (χ3v) is 7.74. The Bertz CT molecular complexity index is 1650. The average Bonchev–Trinajstić information content (AvgIpc) is 3.30. The number of hydrogen-bond acceptors (Lipinski definition) is 4. The standard InChI is InChI=1S/C33H33F3N4O2/c1-20-5-7-21(8-6-20)15-16-39(4)31(42)23-11-14-26(25(37)17-23)40-27-18-32(2,3)19-28(41)29(27)30(38-40)22-9-12-24(13-10-22)33(34,35)36/h5-14,17H,15-16,18-19,37H2,1-4H3. The molecule has 0 bridgehead atoms. The van der Waals surface area contributed by atoms with Crippen molar-refractivity contribution in [1.82, 2.24) is 14.7 Å². The zero-order valence-electron chi connectivity index (χ0n) is 24.0. The number of aryl methyl sites for hydroxylation is 1. The molecule has 4 aromatic rings. The van der Waals surface area contributed by atoms with Crippen LogP contribution < -0.4 is 5.73 Å². The number of Topliss-reactive ketones (excluding diaryl/α,β-unsaturated/α-hetero) is 1. The lowest BCUT2D eigenvalue weighted by molar-refractivity contribution is -0.137. The number of carbonyl (C=O) groups is 2. The number of amides is 1. The highest BCUT2D eigenvalue weighted by Crippen LogP contribution is 2.41. The molecule has 5 rings (SSSR count). The third-order valence-electron chi connectivity index (χ3n) is 7.74. The summed E-state index contributed by atoms with van der Waals surface area (Å²) in [6.07, 6.45) is -2.95. The van der Waals surface area contributed by atoms with E-state index in [1.165, 1.54) is 17.7 Å². The molecule has 42 heavy (non-hydrogen) atoms. The number of carbonyl (C=O) groups excluding carboxylic acids is 2. The minimum atomic E-state index is -4.47. The van der Waals surface area contributed by atoms with Crippen molar-refractivity contribution in [3.63, 3.8) is 0 Å². The van der Waals surface area contributed by atoms with E-state index in [0.717, 1.165) is 17.7 Å². The molecule has 0 saturated carbocycles. The average molecular weight is 575 g/mol. The molecular formula is C33H33F3N4O2. The topological polar surface area (TPSA) is 81.2 Å². The molecule has 9 heteroatoms. The lowest BCUT2D eigenvalue weighted by atomic mass is 9.75. The van der Waals surface area contributed by atoms with E-state index in [9.17, 15) is 22.8 Å². The molecule has 0 fully saturated rings. The lowest BCUT2D eigenvalue weighted by Gasteiger charge is -2.29. The van der Waals surface area contributed by atoms with Gasteiger partial charge in [0.25, 0.3) is 5.91 Å². The van der Waals surface area contributed by atoms with Crippen molar-refractivity contribution in [2.75, 3.05) is 19.3 Å². The van der Waals surface area contributed by atoms with E-state index in [1.807, 2.05) is 32.9 Å². The highest BCUT2D eigenvalue weighted by molar-refractivity contribution is 6.04. The van der Waals surface area contributed by atoms with Crippen molar-refractivity contribution < 1.29 is 22.8 Å². The number of nitrogens with zero attached hydrogens (tertiary/aromatic N) is 3. The van der Waals surface area contributed by atoms with E-state index in [2.05, 4.69) is 12.1 Å². The van der Waals surface area contributed by atoms with Gasteiger partial charge in [-0.15, -0.1) is 0 Å². The van der Waals surface area contributed by atoms with Gasteiger partial charge in [-0.05, 0) is 61.1 Å². The predicted octanol–water partition coefficient (Wildman–Crippen LogP) is 6.92. The number of ketones is 1. The second-order valence-electron chi connectivity index (χ2n) is 11.8. The summed E-state index contributed by atoms with van der Waals surface area (Å²) < 4.78 is 41.1. The van der Waals surface area contributed by atoms with Crippen LogP contribution in [0, 0.1) is 12.3 Å². The SMILES string of the molecule is Cc1ccc(CCN(C)C(=O)c2ccc(-n3nc(-c4ccc(C(F)(F)F)cc4)c4c3CC(C)(C)CC4=O)c(N)c2)cc1. The molecule has 2 N–H and O–H groups in total. The Hall–Kier alpha value is -4.40. The second kappa shape index (κ2) is 10.8. The van der Waals surface area contributed by atoms with Crippen LogP contribution in [-0.4, -0.2) is 40.0 Å².